The van der Waals surface area contributed by atoms with Crippen LogP contribution in [0, 0.1) is 11.3 Å². The van der Waals surface area contributed by atoms with Crippen LogP contribution in [-0.2, 0) is 4.74 Å². The van der Waals surface area contributed by atoms with Gasteiger partial charge in [-0.25, -0.2) is 4.79 Å². The second-order valence-electron chi connectivity index (χ2n) is 3.37. The molecule has 17 heavy (non-hydrogen) atoms. The third-order valence-corrected chi connectivity index (χ3v) is 2.25. The fourth-order valence-electron chi connectivity index (χ4n) is 1.48. The number of hydrogen-bond donors (Lipinski definition) is 0. The minimum atomic E-state index is -0.486. The lowest BCUT2D eigenvalue weighted by atomic mass is 10.2. The van der Waals surface area contributed by atoms with Crippen molar-refractivity contribution in [3.8, 4) is 11.8 Å². The second kappa shape index (κ2) is 4.99. The highest BCUT2D eigenvalue weighted by atomic mass is 16.5. The van der Waals surface area contributed by atoms with Crippen LogP contribution in [0.4, 0.5) is 0 Å². The van der Waals surface area contributed by atoms with Crippen LogP contribution in [0.2, 0.25) is 0 Å². The van der Waals surface area contributed by atoms with Crippen LogP contribution in [0.25, 0.3) is 5.69 Å². The smallest absolute Gasteiger partial charge is 0.339 e. The summed E-state index contributed by atoms with van der Waals surface area (Å²) in [6.07, 6.45) is 3.78. The average Bonchev–Trinajstić information content (AvgIpc) is 2.90. The summed E-state index contributed by atoms with van der Waals surface area (Å²) in [6, 6.07) is 12.6. The molecule has 2 rings (SSSR count). The van der Waals surface area contributed by atoms with Crippen LogP contribution >= 0.6 is 0 Å². The molecule has 0 N–H and O–H groups in total. The van der Waals surface area contributed by atoms with Crippen molar-refractivity contribution in [3.05, 3.63) is 54.4 Å². The molecule has 0 amide bonds. The van der Waals surface area contributed by atoms with Crippen LogP contribution in [-0.4, -0.2) is 17.1 Å². The summed E-state index contributed by atoms with van der Waals surface area (Å²) in [5, 5.41) is 8.34. The number of esters is 1. The van der Waals surface area contributed by atoms with E-state index in [9.17, 15) is 4.79 Å². The van der Waals surface area contributed by atoms with Gasteiger partial charge in [0, 0.05) is 18.1 Å². The first-order chi connectivity index (χ1) is 8.31. The fraction of sp³-hybridized carbons (Fsp3) is 0.0769. The Hall–Kier alpha value is -2.54. The Balaban J connectivity index is 2.23. The molecule has 4 nitrogen and oxygen atoms in total. The van der Waals surface area contributed by atoms with Crippen molar-refractivity contribution in [1.29, 1.82) is 5.26 Å². The zero-order valence-corrected chi connectivity index (χ0v) is 9.04. The van der Waals surface area contributed by atoms with E-state index in [1.165, 1.54) is 0 Å². The Bertz CT molecular complexity index is 553. The standard InChI is InChI=1S/C13H10N2O2/c14-6-9-17-13(16)11-4-3-5-12(10-11)15-7-1-2-8-15/h1-5,7-8,10H,9H2. The molecule has 0 unspecified atom stereocenters. The Morgan fingerprint density at radius 1 is 1.29 bits per heavy atom. The van der Waals surface area contributed by atoms with Crippen molar-refractivity contribution in [2.45, 2.75) is 0 Å². The molecule has 0 aliphatic heterocycles. The molecule has 0 saturated carbocycles. The maximum atomic E-state index is 11.5. The van der Waals surface area contributed by atoms with Gasteiger partial charge < -0.3 is 9.30 Å². The van der Waals surface area contributed by atoms with Crippen LogP contribution in [0.1, 0.15) is 10.4 Å². The molecule has 2 aromatic rings. The lowest BCUT2D eigenvalue weighted by Crippen LogP contribution is -2.05. The van der Waals surface area contributed by atoms with Gasteiger partial charge in [-0.3, -0.25) is 0 Å². The summed E-state index contributed by atoms with van der Waals surface area (Å²) in [5.41, 5.74) is 1.31. The van der Waals surface area contributed by atoms with Crippen LogP contribution in [0.3, 0.4) is 0 Å². The molecular formula is C13H10N2O2. The molecule has 1 aromatic carbocycles. The molecule has 0 saturated heterocycles. The van der Waals surface area contributed by atoms with E-state index in [1.807, 2.05) is 35.2 Å². The number of carbonyl (C=O) groups is 1. The lowest BCUT2D eigenvalue weighted by Gasteiger charge is -2.05. The molecular weight excluding hydrogens is 216 g/mol. The zero-order valence-electron chi connectivity index (χ0n) is 9.04. The molecule has 0 aliphatic rings. The van der Waals surface area contributed by atoms with E-state index in [2.05, 4.69) is 0 Å². The van der Waals surface area contributed by atoms with Gasteiger partial charge in [0.15, 0.2) is 6.61 Å². The van der Waals surface area contributed by atoms with Crippen molar-refractivity contribution in [2.24, 2.45) is 0 Å². The predicted molar refractivity (Wildman–Crippen MR) is 61.7 cm³/mol. The summed E-state index contributed by atoms with van der Waals surface area (Å²) in [7, 11) is 0. The Morgan fingerprint density at radius 3 is 2.76 bits per heavy atom. The third-order valence-electron chi connectivity index (χ3n) is 2.25. The van der Waals surface area contributed by atoms with Gasteiger partial charge in [0.2, 0.25) is 0 Å². The monoisotopic (exact) mass is 226 g/mol. The second-order valence-corrected chi connectivity index (χ2v) is 3.37. The van der Waals surface area contributed by atoms with Crippen molar-refractivity contribution < 1.29 is 9.53 Å². The topological polar surface area (TPSA) is 55.0 Å². The third kappa shape index (κ3) is 2.52. The molecule has 1 heterocycles. The SMILES string of the molecule is N#CCOC(=O)c1cccc(-n2cccc2)c1. The number of hydrogen-bond acceptors (Lipinski definition) is 3. The van der Waals surface area contributed by atoms with E-state index in [0.29, 0.717) is 5.56 Å². The van der Waals surface area contributed by atoms with Gasteiger partial charge in [-0.05, 0) is 30.3 Å². The van der Waals surface area contributed by atoms with Crippen molar-refractivity contribution >= 4 is 5.97 Å². The maximum absolute atomic E-state index is 11.5. The van der Waals surface area contributed by atoms with Crippen molar-refractivity contribution in [2.75, 3.05) is 6.61 Å². The predicted octanol–water partition coefficient (Wildman–Crippen LogP) is 2.16. The normalized spacial score (nSPS) is 9.59. The lowest BCUT2D eigenvalue weighted by molar-refractivity contribution is 0.0555. The largest absolute Gasteiger partial charge is 0.447 e. The Kier molecular flexibility index (Phi) is 3.22. The van der Waals surface area contributed by atoms with Gasteiger partial charge in [0.1, 0.15) is 6.07 Å². The van der Waals surface area contributed by atoms with E-state index >= 15 is 0 Å². The summed E-state index contributed by atoms with van der Waals surface area (Å²) < 4.78 is 6.63. The van der Waals surface area contributed by atoms with E-state index in [1.54, 1.807) is 24.3 Å². The van der Waals surface area contributed by atoms with Crippen molar-refractivity contribution in [3.63, 3.8) is 0 Å². The molecule has 0 bridgehead atoms. The zero-order chi connectivity index (χ0) is 12.1. The number of benzene rings is 1. The number of ether oxygens (including phenoxy) is 1. The van der Waals surface area contributed by atoms with Crippen LogP contribution in [0.15, 0.2) is 48.8 Å². The Labute approximate surface area is 98.7 Å². The van der Waals surface area contributed by atoms with Crippen LogP contribution in [0.5, 0.6) is 0 Å². The molecule has 0 radical (unpaired) electrons. The number of nitrogens with zero attached hydrogens (tertiary/aromatic N) is 2. The maximum Gasteiger partial charge on any atom is 0.339 e. The number of rotatable bonds is 3. The first-order valence-corrected chi connectivity index (χ1v) is 5.09. The number of nitriles is 1. The van der Waals surface area contributed by atoms with Gasteiger partial charge in [-0.2, -0.15) is 5.26 Å². The van der Waals surface area contributed by atoms with Gasteiger partial charge in [0.05, 0.1) is 5.56 Å². The molecule has 0 atom stereocenters. The van der Waals surface area contributed by atoms with E-state index in [-0.39, 0.29) is 6.61 Å². The molecule has 4 heteroatoms. The highest BCUT2D eigenvalue weighted by Crippen LogP contribution is 2.11. The molecule has 0 fully saturated rings. The molecule has 84 valence electrons. The van der Waals surface area contributed by atoms with Gasteiger partial charge in [-0.1, -0.05) is 6.07 Å². The summed E-state index contributed by atoms with van der Waals surface area (Å²) in [4.78, 5) is 11.5. The Morgan fingerprint density at radius 2 is 2.06 bits per heavy atom. The summed E-state index contributed by atoms with van der Waals surface area (Å²) in [5.74, 6) is -0.486. The molecule has 0 spiro atoms. The van der Waals surface area contributed by atoms with Crippen molar-refractivity contribution in [1.82, 2.24) is 4.57 Å². The highest BCUT2D eigenvalue weighted by Gasteiger charge is 2.07. The average molecular weight is 226 g/mol. The summed E-state index contributed by atoms with van der Waals surface area (Å²) in [6.45, 7) is -0.230. The van der Waals surface area contributed by atoms with Gasteiger partial charge >= 0.3 is 5.97 Å². The minimum absolute atomic E-state index is 0.230. The number of aromatic nitrogens is 1. The van der Waals surface area contributed by atoms with Crippen LogP contribution < -0.4 is 0 Å². The summed E-state index contributed by atoms with van der Waals surface area (Å²) >= 11 is 0. The molecule has 0 aliphatic carbocycles. The van der Waals surface area contributed by atoms with E-state index < -0.39 is 5.97 Å². The quantitative estimate of drug-likeness (QED) is 0.753. The van der Waals surface area contributed by atoms with E-state index in [4.69, 9.17) is 10.00 Å². The highest BCUT2D eigenvalue weighted by molar-refractivity contribution is 5.90. The van der Waals surface area contributed by atoms with Gasteiger partial charge in [-0.15, -0.1) is 0 Å². The minimum Gasteiger partial charge on any atom is -0.447 e. The van der Waals surface area contributed by atoms with Gasteiger partial charge in [0.25, 0.3) is 0 Å². The molecule has 1 aromatic heterocycles. The van der Waals surface area contributed by atoms with E-state index in [0.717, 1.165) is 5.69 Å². The fourth-order valence-corrected chi connectivity index (χ4v) is 1.48. The first-order valence-electron chi connectivity index (χ1n) is 5.09. The first kappa shape index (κ1) is 11.0. The number of carbonyl (C=O) groups excluding carboxylic acids is 1.